The molecule has 0 aliphatic rings. The number of aryl methyl sites for hydroxylation is 4. The zero-order valence-corrected chi connectivity index (χ0v) is 39.9. The number of benzene rings is 7. The zero-order valence-electron chi connectivity index (χ0n) is 39.9. The number of hydrogen-bond acceptors (Lipinski definition) is 7. The first kappa shape index (κ1) is 48.1. The van der Waals surface area contributed by atoms with Crippen molar-refractivity contribution >= 4 is 40.6 Å². The van der Waals surface area contributed by atoms with E-state index in [1.54, 1.807) is 14.2 Å². The Labute approximate surface area is 391 Å². The second-order valence-electron chi connectivity index (χ2n) is 16.6. The molecule has 338 valence electrons. The highest BCUT2D eigenvalue weighted by molar-refractivity contribution is 5.92. The largest absolute Gasteiger partial charge is 0.497 e. The summed E-state index contributed by atoms with van der Waals surface area (Å²) >= 11 is 0. The van der Waals surface area contributed by atoms with Gasteiger partial charge in [-0.2, -0.15) is 0 Å². The number of rotatable bonds is 14. The fourth-order valence-corrected chi connectivity index (χ4v) is 8.32. The van der Waals surface area contributed by atoms with Gasteiger partial charge in [-0.25, -0.2) is 0 Å². The lowest BCUT2D eigenvalue weighted by atomic mass is 9.70. The van der Waals surface area contributed by atoms with Crippen LogP contribution in [0.1, 0.15) is 90.6 Å². The number of esters is 2. The van der Waals surface area contributed by atoms with Gasteiger partial charge in [-0.3, -0.25) is 9.59 Å². The predicted octanol–water partition coefficient (Wildman–Crippen LogP) is 14.6. The van der Waals surface area contributed by atoms with Gasteiger partial charge >= 0.3 is 11.9 Å². The molecule has 7 aromatic rings. The zero-order chi connectivity index (χ0) is 47.4. The molecule has 7 nitrogen and oxygen atoms in total. The average molecular weight is 880 g/mol. The molecule has 7 aromatic carbocycles. The monoisotopic (exact) mass is 879 g/mol. The minimum absolute atomic E-state index is 0.0729. The molecule has 7 rings (SSSR count). The highest BCUT2D eigenvalue weighted by Gasteiger charge is 2.31. The van der Waals surface area contributed by atoms with Crippen molar-refractivity contribution in [1.29, 1.82) is 0 Å². The van der Waals surface area contributed by atoms with E-state index in [-0.39, 0.29) is 17.4 Å². The Morgan fingerprint density at radius 1 is 0.500 bits per heavy atom. The third-order valence-corrected chi connectivity index (χ3v) is 12.0. The Kier molecular flexibility index (Phi) is 16.0. The van der Waals surface area contributed by atoms with Gasteiger partial charge in [0, 0.05) is 36.3 Å². The summed E-state index contributed by atoms with van der Waals surface area (Å²) in [7, 11) is 3.36. The molecule has 0 radical (unpaired) electrons. The van der Waals surface area contributed by atoms with Gasteiger partial charge in [0.1, 0.15) is 23.0 Å². The molecule has 0 amide bonds. The van der Waals surface area contributed by atoms with Gasteiger partial charge in [0.2, 0.25) is 0 Å². The number of nitrogens with zero attached hydrogens (tertiary/aromatic N) is 1. The second kappa shape index (κ2) is 22.0. The summed E-state index contributed by atoms with van der Waals surface area (Å²) in [5.41, 5.74) is 14.5. The molecular weight excluding hydrogens is 819 g/mol. The lowest BCUT2D eigenvalue weighted by Gasteiger charge is -2.34. The number of methoxy groups -OCH3 is 2. The molecule has 0 fully saturated rings. The standard InChI is InChI=1S/C37H33NO3.C22H28O3/c1-26-5-15-32(16-6-26)38(33-17-7-27(2)8-18-33)34-19-9-29(10-20-34)25-37(30-11-21-35(40-4)22-12-30)31-13-23-36(24-14-31)41-28(3)39;1-7-22(8-2,18-9-11-20(24-6)15(3)13-18)19-10-12-21(16(4)14-19)25-17(5)23/h5-25H,1-4H3;9-14H,7-8H2,1-6H3. The van der Waals surface area contributed by atoms with Crippen LogP contribution in [0.3, 0.4) is 0 Å². The molecule has 0 aromatic heterocycles. The molecule has 7 heteroatoms. The lowest BCUT2D eigenvalue weighted by molar-refractivity contribution is -0.132. The third-order valence-electron chi connectivity index (χ3n) is 12.0. The summed E-state index contributed by atoms with van der Waals surface area (Å²) in [5.74, 6) is 2.23. The third kappa shape index (κ3) is 11.6. The quantitative estimate of drug-likeness (QED) is 0.0612. The van der Waals surface area contributed by atoms with Crippen molar-refractivity contribution < 1.29 is 28.5 Å². The van der Waals surface area contributed by atoms with Crippen LogP contribution in [0.2, 0.25) is 0 Å². The highest BCUT2D eigenvalue weighted by Crippen LogP contribution is 2.42. The highest BCUT2D eigenvalue weighted by atomic mass is 16.5. The summed E-state index contributed by atoms with van der Waals surface area (Å²) in [4.78, 5) is 24.9. The SMILES string of the molecule is CCC(CC)(c1ccc(OC)c(C)c1)c1ccc(OC(C)=O)c(C)c1.COc1ccc(C(=Cc2ccc(N(c3ccc(C)cc3)c3ccc(C)cc3)cc2)c2ccc(OC(C)=O)cc2)cc1. The fourth-order valence-electron chi connectivity index (χ4n) is 8.32. The van der Waals surface area contributed by atoms with E-state index < -0.39 is 0 Å². The second-order valence-corrected chi connectivity index (χ2v) is 16.6. The van der Waals surface area contributed by atoms with E-state index in [1.165, 1.54) is 36.1 Å². The topological polar surface area (TPSA) is 74.3 Å². The van der Waals surface area contributed by atoms with E-state index in [0.717, 1.165) is 74.8 Å². The smallest absolute Gasteiger partial charge is 0.308 e. The van der Waals surface area contributed by atoms with E-state index in [1.807, 2.05) is 55.5 Å². The molecule has 0 aliphatic carbocycles. The summed E-state index contributed by atoms with van der Waals surface area (Å²) in [6.07, 6.45) is 4.15. The summed E-state index contributed by atoms with van der Waals surface area (Å²) in [6.45, 7) is 15.5. The molecule has 0 unspecified atom stereocenters. The van der Waals surface area contributed by atoms with Crippen LogP contribution in [0.4, 0.5) is 17.1 Å². The van der Waals surface area contributed by atoms with Crippen molar-refractivity contribution in [3.8, 4) is 23.0 Å². The molecule has 0 bridgehead atoms. The number of hydrogen-bond donors (Lipinski definition) is 0. The van der Waals surface area contributed by atoms with Crippen LogP contribution in [0, 0.1) is 27.7 Å². The van der Waals surface area contributed by atoms with Crippen LogP contribution in [-0.4, -0.2) is 26.2 Å². The number of carbonyl (C=O) groups excluding carboxylic acids is 2. The first-order valence-electron chi connectivity index (χ1n) is 22.4. The fraction of sp³-hybridized carbons (Fsp3) is 0.220. The molecule has 0 atom stereocenters. The summed E-state index contributed by atoms with van der Waals surface area (Å²) < 4.78 is 21.3. The van der Waals surface area contributed by atoms with Crippen molar-refractivity contribution in [3.05, 3.63) is 208 Å². The molecule has 0 saturated carbocycles. The van der Waals surface area contributed by atoms with Crippen LogP contribution < -0.4 is 23.8 Å². The van der Waals surface area contributed by atoms with Gasteiger partial charge in [0.05, 0.1) is 14.2 Å². The summed E-state index contributed by atoms with van der Waals surface area (Å²) in [6, 6.07) is 53.9. The molecular formula is C59H61NO6. The van der Waals surface area contributed by atoms with Gasteiger partial charge in [-0.15, -0.1) is 0 Å². The first-order chi connectivity index (χ1) is 31.8. The maximum atomic E-state index is 11.4. The van der Waals surface area contributed by atoms with E-state index in [4.69, 9.17) is 18.9 Å². The van der Waals surface area contributed by atoms with Gasteiger partial charge in [-0.05, 0) is 164 Å². The average Bonchev–Trinajstić information content (AvgIpc) is 3.32. The molecule has 0 heterocycles. The Bertz CT molecular complexity index is 2700. The van der Waals surface area contributed by atoms with E-state index in [9.17, 15) is 9.59 Å². The Hall–Kier alpha value is -7.38. The van der Waals surface area contributed by atoms with Crippen LogP contribution in [0.5, 0.6) is 23.0 Å². The van der Waals surface area contributed by atoms with E-state index >= 15 is 0 Å². The minimum Gasteiger partial charge on any atom is -0.497 e. The van der Waals surface area contributed by atoms with Crippen LogP contribution in [0.15, 0.2) is 158 Å². The van der Waals surface area contributed by atoms with Crippen LogP contribution in [0.25, 0.3) is 11.6 Å². The van der Waals surface area contributed by atoms with E-state index in [2.05, 4.69) is 155 Å². The maximum absolute atomic E-state index is 11.4. The predicted molar refractivity (Wildman–Crippen MR) is 270 cm³/mol. The van der Waals surface area contributed by atoms with Crippen molar-refractivity contribution in [1.82, 2.24) is 0 Å². The minimum atomic E-state index is -0.339. The van der Waals surface area contributed by atoms with Crippen molar-refractivity contribution in [2.24, 2.45) is 0 Å². The van der Waals surface area contributed by atoms with Gasteiger partial charge in [0.15, 0.2) is 0 Å². The van der Waals surface area contributed by atoms with E-state index in [0.29, 0.717) is 11.5 Å². The molecule has 66 heavy (non-hydrogen) atoms. The van der Waals surface area contributed by atoms with Crippen molar-refractivity contribution in [2.75, 3.05) is 19.1 Å². The Morgan fingerprint density at radius 2 is 0.924 bits per heavy atom. The van der Waals surface area contributed by atoms with Gasteiger partial charge in [-0.1, -0.05) is 110 Å². The van der Waals surface area contributed by atoms with Gasteiger partial charge < -0.3 is 23.8 Å². The number of ether oxygens (including phenoxy) is 4. The van der Waals surface area contributed by atoms with Crippen LogP contribution >= 0.6 is 0 Å². The van der Waals surface area contributed by atoms with Gasteiger partial charge in [0.25, 0.3) is 0 Å². The Balaban J connectivity index is 0.000000247. The number of anilines is 3. The first-order valence-corrected chi connectivity index (χ1v) is 22.4. The molecule has 0 aliphatic heterocycles. The molecule has 0 saturated heterocycles. The lowest BCUT2D eigenvalue weighted by Crippen LogP contribution is -2.26. The van der Waals surface area contributed by atoms with Crippen molar-refractivity contribution in [3.63, 3.8) is 0 Å². The Morgan fingerprint density at radius 3 is 1.32 bits per heavy atom. The maximum Gasteiger partial charge on any atom is 0.308 e. The summed E-state index contributed by atoms with van der Waals surface area (Å²) in [5, 5.41) is 0. The molecule has 0 spiro atoms. The van der Waals surface area contributed by atoms with Crippen LogP contribution in [-0.2, 0) is 15.0 Å². The molecule has 0 N–H and O–H groups in total. The van der Waals surface area contributed by atoms with Crippen molar-refractivity contribution in [2.45, 2.75) is 73.6 Å². The normalized spacial score (nSPS) is 11.2. The number of carbonyl (C=O) groups is 2.